The van der Waals surface area contributed by atoms with Crippen LogP contribution in [0.2, 0.25) is 0 Å². The molecule has 1 aliphatic rings. The Balaban J connectivity index is 2.25. The standard InChI is InChI=1S/C10H16N2O/c1-4-8-11-9(13-12-8)10(5-6-10)7(2)3/h7H,4-6H2,1-3H3. The average molecular weight is 180 g/mol. The van der Waals surface area contributed by atoms with Crippen LogP contribution in [0.15, 0.2) is 4.52 Å². The van der Waals surface area contributed by atoms with Crippen molar-refractivity contribution >= 4 is 0 Å². The van der Waals surface area contributed by atoms with Gasteiger partial charge in [0.05, 0.1) is 5.41 Å². The normalized spacial score (nSPS) is 19.4. The van der Waals surface area contributed by atoms with E-state index >= 15 is 0 Å². The maximum Gasteiger partial charge on any atom is 0.233 e. The topological polar surface area (TPSA) is 38.9 Å². The highest BCUT2D eigenvalue weighted by Crippen LogP contribution is 2.52. The van der Waals surface area contributed by atoms with Gasteiger partial charge in [0.15, 0.2) is 5.82 Å². The molecule has 0 atom stereocenters. The molecule has 72 valence electrons. The first-order valence-corrected chi connectivity index (χ1v) is 5.02. The van der Waals surface area contributed by atoms with E-state index in [4.69, 9.17) is 4.52 Å². The molecule has 0 N–H and O–H groups in total. The van der Waals surface area contributed by atoms with Crippen LogP contribution in [0, 0.1) is 5.92 Å². The molecule has 3 nitrogen and oxygen atoms in total. The summed E-state index contributed by atoms with van der Waals surface area (Å²) >= 11 is 0. The van der Waals surface area contributed by atoms with Crippen molar-refractivity contribution < 1.29 is 4.52 Å². The van der Waals surface area contributed by atoms with Crippen molar-refractivity contribution in [3.05, 3.63) is 11.7 Å². The number of hydrogen-bond acceptors (Lipinski definition) is 3. The molecule has 1 aliphatic carbocycles. The minimum absolute atomic E-state index is 0.223. The van der Waals surface area contributed by atoms with E-state index < -0.39 is 0 Å². The van der Waals surface area contributed by atoms with Gasteiger partial charge in [-0.2, -0.15) is 4.98 Å². The summed E-state index contributed by atoms with van der Waals surface area (Å²) in [5, 5.41) is 3.94. The first-order chi connectivity index (χ1) is 6.19. The first kappa shape index (κ1) is 8.73. The van der Waals surface area contributed by atoms with Gasteiger partial charge in [-0.15, -0.1) is 0 Å². The Labute approximate surface area is 78.5 Å². The molecule has 0 bridgehead atoms. The predicted octanol–water partition coefficient (Wildman–Crippen LogP) is 2.32. The van der Waals surface area contributed by atoms with Crippen LogP contribution in [0.5, 0.6) is 0 Å². The molecule has 1 fully saturated rings. The van der Waals surface area contributed by atoms with Crippen molar-refractivity contribution in [2.24, 2.45) is 5.92 Å². The minimum Gasteiger partial charge on any atom is -0.339 e. The maximum absolute atomic E-state index is 5.28. The largest absolute Gasteiger partial charge is 0.339 e. The van der Waals surface area contributed by atoms with Crippen LogP contribution < -0.4 is 0 Å². The SMILES string of the molecule is CCc1noc(C2(C(C)C)CC2)n1. The zero-order chi connectivity index (χ0) is 9.47. The number of hydrogen-bond donors (Lipinski definition) is 0. The van der Waals surface area contributed by atoms with E-state index in [1.54, 1.807) is 0 Å². The van der Waals surface area contributed by atoms with Crippen molar-refractivity contribution in [2.45, 2.75) is 45.4 Å². The Morgan fingerprint density at radius 1 is 1.46 bits per heavy atom. The molecule has 1 aromatic heterocycles. The van der Waals surface area contributed by atoms with Gasteiger partial charge < -0.3 is 4.52 Å². The van der Waals surface area contributed by atoms with Crippen LogP contribution in [0.25, 0.3) is 0 Å². The Morgan fingerprint density at radius 3 is 2.54 bits per heavy atom. The summed E-state index contributed by atoms with van der Waals surface area (Å²) in [6, 6.07) is 0. The maximum atomic E-state index is 5.28. The molecule has 3 heteroatoms. The number of nitrogens with zero attached hydrogens (tertiary/aromatic N) is 2. The monoisotopic (exact) mass is 180 g/mol. The lowest BCUT2D eigenvalue weighted by atomic mass is 9.92. The average Bonchev–Trinajstić information content (AvgIpc) is 2.79. The highest BCUT2D eigenvalue weighted by Gasteiger charge is 2.51. The lowest BCUT2D eigenvalue weighted by Gasteiger charge is -2.13. The van der Waals surface area contributed by atoms with Gasteiger partial charge in [-0.05, 0) is 18.8 Å². The number of aromatic nitrogens is 2. The number of aryl methyl sites for hydroxylation is 1. The second kappa shape index (κ2) is 2.82. The molecule has 1 saturated carbocycles. The molecule has 1 heterocycles. The summed E-state index contributed by atoms with van der Waals surface area (Å²) in [6.07, 6.45) is 3.27. The lowest BCUT2D eigenvalue weighted by molar-refractivity contribution is 0.306. The molecule has 0 radical (unpaired) electrons. The first-order valence-electron chi connectivity index (χ1n) is 5.02. The zero-order valence-electron chi connectivity index (χ0n) is 8.50. The Morgan fingerprint density at radius 2 is 2.15 bits per heavy atom. The van der Waals surface area contributed by atoms with E-state index in [9.17, 15) is 0 Å². The van der Waals surface area contributed by atoms with Crippen molar-refractivity contribution in [1.29, 1.82) is 0 Å². The summed E-state index contributed by atoms with van der Waals surface area (Å²) in [4.78, 5) is 4.41. The van der Waals surface area contributed by atoms with Crippen LogP contribution in [0.3, 0.4) is 0 Å². The molecule has 0 unspecified atom stereocenters. The highest BCUT2D eigenvalue weighted by molar-refractivity contribution is 5.16. The third-order valence-corrected chi connectivity index (χ3v) is 3.10. The van der Waals surface area contributed by atoms with Crippen molar-refractivity contribution in [1.82, 2.24) is 10.1 Å². The fourth-order valence-electron chi connectivity index (χ4n) is 1.77. The Hall–Kier alpha value is -0.860. The summed E-state index contributed by atoms with van der Waals surface area (Å²) in [6.45, 7) is 6.50. The quantitative estimate of drug-likeness (QED) is 0.716. The van der Waals surface area contributed by atoms with Gasteiger partial charge >= 0.3 is 0 Å². The third-order valence-electron chi connectivity index (χ3n) is 3.10. The van der Waals surface area contributed by atoms with E-state index in [0.717, 1.165) is 18.1 Å². The minimum atomic E-state index is 0.223. The molecular formula is C10H16N2O. The van der Waals surface area contributed by atoms with Gasteiger partial charge in [-0.3, -0.25) is 0 Å². The van der Waals surface area contributed by atoms with Crippen molar-refractivity contribution in [3.8, 4) is 0 Å². The van der Waals surface area contributed by atoms with Gasteiger partial charge in [0.2, 0.25) is 5.89 Å². The van der Waals surface area contributed by atoms with E-state index in [-0.39, 0.29) is 5.41 Å². The smallest absolute Gasteiger partial charge is 0.233 e. The summed E-state index contributed by atoms with van der Waals surface area (Å²) < 4.78 is 5.28. The van der Waals surface area contributed by atoms with Gasteiger partial charge in [0.25, 0.3) is 0 Å². The van der Waals surface area contributed by atoms with E-state index in [1.807, 2.05) is 6.92 Å². The summed E-state index contributed by atoms with van der Waals surface area (Å²) in [7, 11) is 0. The second-order valence-corrected chi connectivity index (χ2v) is 4.18. The van der Waals surface area contributed by atoms with Crippen LogP contribution in [-0.2, 0) is 11.8 Å². The number of rotatable bonds is 3. The summed E-state index contributed by atoms with van der Waals surface area (Å²) in [5.74, 6) is 2.30. The van der Waals surface area contributed by atoms with Gasteiger partial charge in [0.1, 0.15) is 0 Å². The summed E-state index contributed by atoms with van der Waals surface area (Å²) in [5.41, 5.74) is 0.223. The van der Waals surface area contributed by atoms with Crippen molar-refractivity contribution in [3.63, 3.8) is 0 Å². The highest BCUT2D eigenvalue weighted by atomic mass is 16.5. The van der Waals surface area contributed by atoms with E-state index in [2.05, 4.69) is 24.0 Å². The molecule has 0 aromatic carbocycles. The van der Waals surface area contributed by atoms with E-state index in [0.29, 0.717) is 5.92 Å². The molecule has 0 saturated heterocycles. The molecule has 13 heavy (non-hydrogen) atoms. The molecule has 1 aromatic rings. The zero-order valence-corrected chi connectivity index (χ0v) is 8.50. The molecule has 0 amide bonds. The van der Waals surface area contributed by atoms with Gasteiger partial charge in [0, 0.05) is 6.42 Å². The fourth-order valence-corrected chi connectivity index (χ4v) is 1.77. The van der Waals surface area contributed by atoms with Crippen molar-refractivity contribution in [2.75, 3.05) is 0 Å². The van der Waals surface area contributed by atoms with Crippen LogP contribution >= 0.6 is 0 Å². The van der Waals surface area contributed by atoms with Crippen LogP contribution in [0.4, 0.5) is 0 Å². The fraction of sp³-hybridized carbons (Fsp3) is 0.800. The predicted molar refractivity (Wildman–Crippen MR) is 49.4 cm³/mol. The van der Waals surface area contributed by atoms with Crippen LogP contribution in [0.1, 0.15) is 45.3 Å². The van der Waals surface area contributed by atoms with E-state index in [1.165, 1.54) is 12.8 Å². The third kappa shape index (κ3) is 1.26. The molecular weight excluding hydrogens is 164 g/mol. The Bertz CT molecular complexity index is 300. The lowest BCUT2D eigenvalue weighted by Crippen LogP contribution is -2.15. The second-order valence-electron chi connectivity index (χ2n) is 4.18. The Kier molecular flexibility index (Phi) is 1.90. The van der Waals surface area contributed by atoms with Gasteiger partial charge in [-0.1, -0.05) is 25.9 Å². The molecule has 0 aliphatic heterocycles. The molecule has 0 spiro atoms. The van der Waals surface area contributed by atoms with Gasteiger partial charge in [-0.25, -0.2) is 0 Å². The molecule has 2 rings (SSSR count). The van der Waals surface area contributed by atoms with Crippen LogP contribution in [-0.4, -0.2) is 10.1 Å².